The standard InChI is InChI=1S/C16H15ClO4.C15H12ClNO3.C8H8ClNO4.C8H10ClNO2.C7H5IO2.C6H2ClF2NO2.C4H7IO2.CH4/c1-20-13-8-7-11(15(21-2)14(13)17)9-10-5-3-4-6-12(10)16(18)19;1-19-11-7-9-13(15(20-2)12(11)16)17-10-6-4-3-5-8(10)14(9)18;1-13-6-4-3-5(10(11)12)8(14-2)7(6)9;1-11-6-4-3-5(10)8(12-2)7(6)9;8-6-4-2-1-3-5(6)7(9)10;7-5-3(8)1-2-4(6(5)9)10(11)12;1-2-7-4(6)3-5;/h3-8H,9H2,1-2H3,(H,18,19);3-7H,1-2H3,(H,17,18);3-4H,1-2H3;3-4H,10H2,1-2H3;1-4H,(H,9,10);1-2H;2-3H2,1H3;1H4. The molecule has 32 heteroatoms. The SMILES string of the molecule is C.CCOC(=O)CI.COc1cc2c(=O)c3ccccc3[nH]c2c(OC)c1Cl.COc1ccc(Cc2ccccc2C(=O)O)c(OC)c1Cl.COc1ccc(N)c(OC)c1Cl.COc1ccc([N+](=O)[O-])c(OC)c1Cl.O=C(O)c1ccccc1I.O=[N+]([O-])c1ccc(F)c(Cl)c1F. The molecule has 97 heavy (non-hydrogen) atoms. The number of nitrogens with zero attached hydrogens (tertiary/aromatic N) is 2. The summed E-state index contributed by atoms with van der Waals surface area (Å²) in [4.78, 5) is 66.7. The summed E-state index contributed by atoms with van der Waals surface area (Å²) in [6.07, 6.45) is 0.412. The smallest absolute Gasteiger partial charge is 0.336 e. The fourth-order valence-electron chi connectivity index (χ4n) is 7.94. The van der Waals surface area contributed by atoms with Crippen molar-refractivity contribution in [1.82, 2.24) is 4.98 Å². The van der Waals surface area contributed by atoms with E-state index in [0.29, 0.717) is 106 Å². The Labute approximate surface area is 607 Å². The third-order valence-corrected chi connectivity index (χ3v) is 15.7. The van der Waals surface area contributed by atoms with Crippen LogP contribution in [0.1, 0.15) is 46.2 Å². The number of hydrogen-bond acceptors (Lipinski definition) is 18. The number of nitrogens with one attached hydrogen (secondary N) is 1. The molecule has 0 bridgehead atoms. The number of methoxy groups -OCH3 is 8. The molecule has 8 aromatic carbocycles. The lowest BCUT2D eigenvalue weighted by atomic mass is 9.99. The highest BCUT2D eigenvalue weighted by Crippen LogP contribution is 2.43. The molecule has 0 aliphatic heterocycles. The third kappa shape index (κ3) is 23.3. The van der Waals surface area contributed by atoms with Gasteiger partial charge < -0.3 is 63.6 Å². The average molecular weight is 1670 g/mol. The molecule has 0 radical (unpaired) electrons. The van der Waals surface area contributed by atoms with Gasteiger partial charge in [-0.15, -0.1) is 0 Å². The van der Waals surface area contributed by atoms with Crippen molar-refractivity contribution >= 4 is 160 Å². The summed E-state index contributed by atoms with van der Waals surface area (Å²) in [6, 6.07) is 33.8. The number of alkyl halides is 1. The maximum absolute atomic E-state index is 12.7. The zero-order chi connectivity index (χ0) is 72.1. The van der Waals surface area contributed by atoms with Gasteiger partial charge in [0.05, 0.1) is 105 Å². The Morgan fingerprint density at radius 1 is 0.557 bits per heavy atom. The molecule has 0 saturated heterocycles. The number of benzene rings is 8. The Kier molecular flexibility index (Phi) is 36.7. The molecule has 0 spiro atoms. The molecular formula is C65H63Cl5F2I2N4O19. The van der Waals surface area contributed by atoms with Gasteiger partial charge in [0.15, 0.2) is 16.9 Å². The minimum atomic E-state index is -1.35. The van der Waals surface area contributed by atoms with E-state index in [4.69, 9.17) is 107 Å². The first-order chi connectivity index (χ1) is 45.6. The predicted molar refractivity (Wildman–Crippen MR) is 388 cm³/mol. The van der Waals surface area contributed by atoms with Crippen LogP contribution in [0, 0.1) is 35.4 Å². The van der Waals surface area contributed by atoms with E-state index in [1.165, 1.54) is 69.0 Å². The fraction of sp³-hybridized carbons (Fsp3) is 0.200. The quantitative estimate of drug-likeness (QED) is 0.0102. The second-order valence-electron chi connectivity index (χ2n) is 18.0. The lowest BCUT2D eigenvalue weighted by molar-refractivity contribution is -0.387. The van der Waals surface area contributed by atoms with Crippen molar-refractivity contribution in [2.45, 2.75) is 20.8 Å². The van der Waals surface area contributed by atoms with E-state index in [9.17, 15) is 53.3 Å². The monoisotopic (exact) mass is 1670 g/mol. The zero-order valence-corrected chi connectivity index (χ0v) is 60.0. The number of para-hydroxylation sites is 1. The van der Waals surface area contributed by atoms with Gasteiger partial charge in [-0.3, -0.25) is 29.8 Å². The van der Waals surface area contributed by atoms with Crippen molar-refractivity contribution in [3.05, 3.63) is 220 Å². The summed E-state index contributed by atoms with van der Waals surface area (Å²) < 4.78 is 71.6. The number of hydrogen-bond donors (Lipinski definition) is 4. The maximum atomic E-state index is 12.7. The number of pyridine rings is 1. The molecule has 0 aliphatic rings. The number of aromatic nitrogens is 1. The first kappa shape index (κ1) is 84.5. The van der Waals surface area contributed by atoms with Crippen LogP contribution >= 0.6 is 103 Å². The third-order valence-electron chi connectivity index (χ3n) is 12.4. The van der Waals surface area contributed by atoms with E-state index in [-0.39, 0.29) is 40.8 Å². The van der Waals surface area contributed by atoms with Crippen LogP contribution in [0.3, 0.4) is 0 Å². The average Bonchev–Trinajstić information content (AvgIpc) is 0.757. The van der Waals surface area contributed by atoms with Crippen LogP contribution in [0.25, 0.3) is 21.8 Å². The van der Waals surface area contributed by atoms with Crippen LogP contribution in [0.5, 0.6) is 46.0 Å². The number of nitrogen functional groups attached to an aromatic ring is 1. The van der Waals surface area contributed by atoms with E-state index in [1.807, 2.05) is 75.5 Å². The minimum Gasteiger partial charge on any atom is -0.495 e. The number of nitro benzene ring substituents is 2. The van der Waals surface area contributed by atoms with Crippen molar-refractivity contribution in [3.8, 4) is 46.0 Å². The number of ether oxygens (including phenoxy) is 9. The van der Waals surface area contributed by atoms with Gasteiger partial charge in [-0.25, -0.2) is 14.0 Å². The number of nitrogens with two attached hydrogens (primary N) is 1. The van der Waals surface area contributed by atoms with Gasteiger partial charge in [-0.2, -0.15) is 4.39 Å². The first-order valence-corrected chi connectivity index (χ1v) is 31.4. The van der Waals surface area contributed by atoms with Crippen LogP contribution in [0.4, 0.5) is 25.8 Å². The minimum absolute atomic E-state index is 0. The first-order valence-electron chi connectivity index (χ1n) is 26.9. The normalized spacial score (nSPS) is 9.84. The van der Waals surface area contributed by atoms with Crippen LogP contribution in [-0.4, -0.2) is 111 Å². The molecule has 9 rings (SSSR count). The Morgan fingerprint density at radius 2 is 1.02 bits per heavy atom. The van der Waals surface area contributed by atoms with Crippen LogP contribution < -0.4 is 49.1 Å². The number of halogens is 9. The van der Waals surface area contributed by atoms with Crippen molar-refractivity contribution in [2.75, 3.05) is 73.6 Å². The topological polar surface area (TPSA) is 320 Å². The number of nitro groups is 2. The number of anilines is 1. The van der Waals surface area contributed by atoms with Gasteiger partial charge in [0.1, 0.15) is 59.7 Å². The highest BCUT2D eigenvalue weighted by Gasteiger charge is 2.23. The molecule has 0 aliphatic carbocycles. The summed E-state index contributed by atoms with van der Waals surface area (Å²) in [7, 11) is 11.8. The van der Waals surface area contributed by atoms with Gasteiger partial charge >= 0.3 is 29.3 Å². The second-order valence-corrected chi connectivity index (χ2v) is 21.8. The molecule has 9 aromatic rings. The number of fused-ring (bicyclic) bond motifs is 2. The largest absolute Gasteiger partial charge is 0.495 e. The van der Waals surface area contributed by atoms with Crippen molar-refractivity contribution < 1.29 is 85.9 Å². The molecule has 0 unspecified atom stereocenters. The molecule has 520 valence electrons. The molecule has 5 N–H and O–H groups in total. The Balaban J connectivity index is 0.000000395. The lowest BCUT2D eigenvalue weighted by Crippen LogP contribution is -2.06. The number of aromatic amines is 1. The Bertz CT molecular complexity index is 4270. The van der Waals surface area contributed by atoms with Gasteiger partial charge in [-0.1, -0.05) is 137 Å². The van der Waals surface area contributed by atoms with Crippen molar-refractivity contribution in [2.24, 2.45) is 0 Å². The summed E-state index contributed by atoms with van der Waals surface area (Å²) in [5.74, 6) is -1.12. The second kappa shape index (κ2) is 42.2. The number of carboxylic acid groups (broad SMARTS) is 2. The Hall–Kier alpha value is -8.59. The molecule has 1 heterocycles. The van der Waals surface area contributed by atoms with Crippen LogP contribution in [0.2, 0.25) is 25.1 Å². The summed E-state index contributed by atoms with van der Waals surface area (Å²) in [6.45, 7) is 2.28. The zero-order valence-electron chi connectivity index (χ0n) is 52.0. The molecule has 0 saturated carbocycles. The number of esters is 1. The van der Waals surface area contributed by atoms with Crippen LogP contribution in [-0.2, 0) is 16.0 Å². The number of carbonyl (C=O) groups excluding carboxylic acids is 1. The molecule has 0 atom stereocenters. The van der Waals surface area contributed by atoms with E-state index < -0.39 is 44.1 Å². The van der Waals surface area contributed by atoms with Crippen molar-refractivity contribution in [1.29, 1.82) is 0 Å². The van der Waals surface area contributed by atoms with Gasteiger partial charge in [0, 0.05) is 38.6 Å². The molecular weight excluding hydrogens is 1610 g/mol. The summed E-state index contributed by atoms with van der Waals surface area (Å²) in [5.41, 5.74) is 8.45. The number of H-pyrrole nitrogens is 1. The predicted octanol–water partition coefficient (Wildman–Crippen LogP) is 17.3. The molecule has 0 fully saturated rings. The maximum Gasteiger partial charge on any atom is 0.336 e. The summed E-state index contributed by atoms with van der Waals surface area (Å²) >= 11 is 33.2. The number of rotatable bonds is 16. The van der Waals surface area contributed by atoms with Gasteiger partial charge in [-0.05, 0) is 102 Å². The molecule has 23 nitrogen and oxygen atoms in total. The van der Waals surface area contributed by atoms with E-state index in [2.05, 4.69) is 9.72 Å². The van der Waals surface area contributed by atoms with Crippen LogP contribution in [0.15, 0.2) is 132 Å². The van der Waals surface area contributed by atoms with E-state index in [1.54, 1.807) is 79.7 Å². The van der Waals surface area contributed by atoms with E-state index in [0.717, 1.165) is 26.8 Å². The van der Waals surface area contributed by atoms with Gasteiger partial charge in [0.2, 0.25) is 11.6 Å². The fourth-order valence-corrected chi connectivity index (χ4v) is 10.2. The number of carboxylic acids is 2. The highest BCUT2D eigenvalue weighted by molar-refractivity contribution is 14.1. The summed E-state index contributed by atoms with van der Waals surface area (Å²) in [5, 5.41) is 39.9. The molecule has 0 amide bonds. The van der Waals surface area contributed by atoms with Gasteiger partial charge in [0.25, 0.3) is 0 Å². The van der Waals surface area contributed by atoms with E-state index >= 15 is 0 Å². The highest BCUT2D eigenvalue weighted by atomic mass is 127. The Morgan fingerprint density at radius 3 is 1.51 bits per heavy atom. The number of carbonyl (C=O) groups is 3. The lowest BCUT2D eigenvalue weighted by Gasteiger charge is -2.14. The van der Waals surface area contributed by atoms with Crippen molar-refractivity contribution in [3.63, 3.8) is 0 Å². The number of aromatic carboxylic acids is 2. The molecule has 1 aromatic heterocycles.